The molecule has 0 atom stereocenters. The molecule has 0 amide bonds. The molecule has 1 N–H and O–H groups in total. The van der Waals surface area contributed by atoms with Crippen molar-refractivity contribution in [2.75, 3.05) is 55.5 Å². The third-order valence-corrected chi connectivity index (χ3v) is 6.96. The van der Waals surface area contributed by atoms with Gasteiger partial charge in [0.15, 0.2) is 11.6 Å². The first-order valence-corrected chi connectivity index (χ1v) is 12.6. The summed E-state index contributed by atoms with van der Waals surface area (Å²) in [5, 5.41) is 3.02. The highest BCUT2D eigenvalue weighted by Gasteiger charge is 2.27. The molecule has 3 aromatic heterocycles. The van der Waals surface area contributed by atoms with Gasteiger partial charge in [0, 0.05) is 25.2 Å². The fraction of sp³-hybridized carbons (Fsp3) is 0.462. The Morgan fingerprint density at radius 3 is 2.51 bits per heavy atom. The fourth-order valence-electron chi connectivity index (χ4n) is 4.87. The number of fused-ring (bicyclic) bond motifs is 1. The van der Waals surface area contributed by atoms with Crippen LogP contribution in [-0.2, 0) is 0 Å². The lowest BCUT2D eigenvalue weighted by Gasteiger charge is -2.36. The Labute approximate surface area is 215 Å². The van der Waals surface area contributed by atoms with E-state index in [0.29, 0.717) is 30.7 Å². The van der Waals surface area contributed by atoms with E-state index in [1.807, 2.05) is 37.1 Å². The van der Waals surface area contributed by atoms with Gasteiger partial charge < -0.3 is 24.8 Å². The molecule has 2 aliphatic rings. The van der Waals surface area contributed by atoms with Crippen molar-refractivity contribution in [1.29, 1.82) is 0 Å². The molecular formula is C26H32F2N8O. The fourth-order valence-corrected chi connectivity index (χ4v) is 4.87. The highest BCUT2D eigenvalue weighted by Crippen LogP contribution is 2.37. The van der Waals surface area contributed by atoms with Gasteiger partial charge in [0.1, 0.15) is 18.1 Å². The van der Waals surface area contributed by atoms with Gasteiger partial charge in [-0.3, -0.25) is 0 Å². The molecule has 5 rings (SSSR count). The Hall–Kier alpha value is -3.60. The average molecular weight is 511 g/mol. The standard InChI is InChI=1S/C26H32F2N8O/c1-16(2)36-11-12-37-24-21(36)13-20(31-25(24)28)23-19(27)15-30-26(33-23)32-22-6-5-18(14-29-22)35-9-7-17(8-10-35)34(3)4/h5-6,13-17H,7-12H2,1-4H3,(H,29,30,32,33). The summed E-state index contributed by atoms with van der Waals surface area (Å²) in [5.74, 6) is -0.757. The molecule has 37 heavy (non-hydrogen) atoms. The molecule has 0 radical (unpaired) electrons. The van der Waals surface area contributed by atoms with E-state index in [1.54, 1.807) is 6.07 Å². The van der Waals surface area contributed by atoms with Crippen molar-refractivity contribution in [3.8, 4) is 17.1 Å². The number of hydrogen-bond acceptors (Lipinski definition) is 9. The lowest BCUT2D eigenvalue weighted by atomic mass is 10.0. The first kappa shape index (κ1) is 25.1. The van der Waals surface area contributed by atoms with Gasteiger partial charge >= 0.3 is 0 Å². The zero-order valence-electron chi connectivity index (χ0n) is 21.6. The van der Waals surface area contributed by atoms with E-state index in [1.165, 1.54) is 0 Å². The number of aromatic nitrogens is 4. The number of pyridine rings is 2. The van der Waals surface area contributed by atoms with Gasteiger partial charge in [0.05, 0.1) is 36.0 Å². The van der Waals surface area contributed by atoms with Crippen LogP contribution in [0.5, 0.6) is 5.75 Å². The molecule has 0 spiro atoms. The smallest absolute Gasteiger partial charge is 0.258 e. The molecule has 1 fully saturated rings. The summed E-state index contributed by atoms with van der Waals surface area (Å²) in [4.78, 5) is 23.4. The highest BCUT2D eigenvalue weighted by molar-refractivity contribution is 5.69. The summed E-state index contributed by atoms with van der Waals surface area (Å²) in [6.45, 7) is 6.92. The predicted octanol–water partition coefficient (Wildman–Crippen LogP) is 4.09. The first-order chi connectivity index (χ1) is 17.8. The van der Waals surface area contributed by atoms with E-state index < -0.39 is 11.8 Å². The largest absolute Gasteiger partial charge is 0.485 e. The summed E-state index contributed by atoms with van der Waals surface area (Å²) in [6.07, 6.45) is 5.07. The zero-order chi connectivity index (χ0) is 26.1. The molecule has 0 aromatic carbocycles. The van der Waals surface area contributed by atoms with E-state index in [2.05, 4.69) is 49.1 Å². The lowest BCUT2D eigenvalue weighted by Crippen LogP contribution is -2.42. The summed E-state index contributed by atoms with van der Waals surface area (Å²) in [5.41, 5.74) is 1.55. The number of hydrogen-bond donors (Lipinski definition) is 1. The minimum absolute atomic E-state index is 0.0692. The van der Waals surface area contributed by atoms with Gasteiger partial charge in [-0.2, -0.15) is 4.39 Å². The van der Waals surface area contributed by atoms with Gasteiger partial charge in [-0.05, 0) is 59.0 Å². The second-order valence-electron chi connectivity index (χ2n) is 9.88. The van der Waals surface area contributed by atoms with Crippen molar-refractivity contribution in [3.05, 3.63) is 42.4 Å². The normalized spacial score (nSPS) is 16.2. The highest BCUT2D eigenvalue weighted by atomic mass is 19.1. The Morgan fingerprint density at radius 2 is 1.84 bits per heavy atom. The van der Waals surface area contributed by atoms with Gasteiger partial charge in [-0.25, -0.2) is 24.3 Å². The molecule has 2 aliphatic heterocycles. The van der Waals surface area contributed by atoms with Crippen molar-refractivity contribution in [2.24, 2.45) is 0 Å². The quantitative estimate of drug-likeness (QED) is 0.493. The van der Waals surface area contributed by atoms with Crippen LogP contribution < -0.4 is 19.9 Å². The van der Waals surface area contributed by atoms with Crippen LogP contribution in [0.3, 0.4) is 0 Å². The summed E-state index contributed by atoms with van der Waals surface area (Å²) >= 11 is 0. The van der Waals surface area contributed by atoms with E-state index in [-0.39, 0.29) is 29.1 Å². The van der Waals surface area contributed by atoms with Gasteiger partial charge in [-0.15, -0.1) is 0 Å². The molecule has 5 heterocycles. The van der Waals surface area contributed by atoms with Gasteiger partial charge in [-0.1, -0.05) is 0 Å². The van der Waals surface area contributed by atoms with Crippen molar-refractivity contribution in [3.63, 3.8) is 0 Å². The van der Waals surface area contributed by atoms with E-state index in [4.69, 9.17) is 4.74 Å². The zero-order valence-corrected chi connectivity index (χ0v) is 21.6. The number of halogens is 2. The van der Waals surface area contributed by atoms with E-state index in [0.717, 1.165) is 37.8 Å². The number of anilines is 4. The Bertz CT molecular complexity index is 1250. The van der Waals surface area contributed by atoms with Gasteiger partial charge in [0.25, 0.3) is 5.95 Å². The van der Waals surface area contributed by atoms with E-state index >= 15 is 0 Å². The molecule has 11 heteroatoms. The van der Waals surface area contributed by atoms with Crippen LogP contribution in [0.25, 0.3) is 11.4 Å². The summed E-state index contributed by atoms with van der Waals surface area (Å²) < 4.78 is 35.1. The summed E-state index contributed by atoms with van der Waals surface area (Å²) in [6, 6.07) is 6.16. The molecule has 1 saturated heterocycles. The van der Waals surface area contributed by atoms with Gasteiger partial charge in [0.2, 0.25) is 5.95 Å². The van der Waals surface area contributed by atoms with Crippen molar-refractivity contribution >= 4 is 23.1 Å². The van der Waals surface area contributed by atoms with Crippen LogP contribution in [0.1, 0.15) is 26.7 Å². The monoisotopic (exact) mass is 510 g/mol. The summed E-state index contributed by atoms with van der Waals surface area (Å²) in [7, 11) is 4.25. The van der Waals surface area contributed by atoms with Crippen molar-refractivity contribution in [1.82, 2.24) is 24.8 Å². The Kier molecular flexibility index (Phi) is 7.05. The molecule has 0 bridgehead atoms. The van der Waals surface area contributed by atoms with E-state index in [9.17, 15) is 8.78 Å². The van der Waals surface area contributed by atoms with Crippen LogP contribution in [0.4, 0.5) is 31.9 Å². The van der Waals surface area contributed by atoms with Crippen LogP contribution >= 0.6 is 0 Å². The third kappa shape index (κ3) is 5.27. The molecule has 0 unspecified atom stereocenters. The number of piperidine rings is 1. The predicted molar refractivity (Wildman–Crippen MR) is 140 cm³/mol. The van der Waals surface area contributed by atoms with Crippen molar-refractivity contribution in [2.45, 2.75) is 38.8 Å². The number of nitrogens with zero attached hydrogens (tertiary/aromatic N) is 7. The topological polar surface area (TPSA) is 82.5 Å². The van der Waals surface area contributed by atoms with Crippen molar-refractivity contribution < 1.29 is 13.5 Å². The molecule has 3 aromatic rings. The SMILES string of the molecule is CC(C)N1CCOc2c1cc(-c1nc(Nc3ccc(N4CCC(N(C)C)CC4)cn3)ncc1F)nc2F. The van der Waals surface area contributed by atoms with Crippen LogP contribution in [0.15, 0.2) is 30.6 Å². The lowest BCUT2D eigenvalue weighted by molar-refractivity contribution is 0.249. The number of nitrogens with one attached hydrogen (secondary N) is 1. The van der Waals surface area contributed by atoms with Crippen LogP contribution in [0.2, 0.25) is 0 Å². The van der Waals surface area contributed by atoms with Crippen LogP contribution in [0, 0.1) is 11.8 Å². The third-order valence-electron chi connectivity index (χ3n) is 6.96. The maximum absolute atomic E-state index is 14.8. The maximum atomic E-state index is 14.8. The molecule has 0 saturated carbocycles. The number of ether oxygens (including phenoxy) is 1. The second kappa shape index (κ2) is 10.4. The first-order valence-electron chi connectivity index (χ1n) is 12.6. The molecule has 0 aliphatic carbocycles. The maximum Gasteiger partial charge on any atom is 0.258 e. The number of rotatable bonds is 6. The molecule has 9 nitrogen and oxygen atoms in total. The second-order valence-corrected chi connectivity index (χ2v) is 9.88. The minimum Gasteiger partial charge on any atom is -0.485 e. The minimum atomic E-state index is -0.794. The molecular weight excluding hydrogens is 478 g/mol. The Morgan fingerprint density at radius 1 is 1.05 bits per heavy atom. The van der Waals surface area contributed by atoms with Crippen LogP contribution in [-0.4, -0.2) is 77.3 Å². The Balaban J connectivity index is 1.35. The average Bonchev–Trinajstić information content (AvgIpc) is 2.90. The molecule has 196 valence electrons.